The average molecular weight is 199 g/mol. The fourth-order valence-electron chi connectivity index (χ4n) is 1.12. The fourth-order valence-corrected chi connectivity index (χ4v) is 1.12. The van der Waals surface area contributed by atoms with Gasteiger partial charge < -0.3 is 19.6 Å². The van der Waals surface area contributed by atoms with Crippen LogP contribution in [0.1, 0.15) is 5.76 Å². The van der Waals surface area contributed by atoms with E-state index in [4.69, 9.17) is 19.6 Å². The Bertz CT molecular complexity index is 223. The zero-order valence-corrected chi connectivity index (χ0v) is 8.44. The summed E-state index contributed by atoms with van der Waals surface area (Å²) in [5, 5.41) is 0. The summed E-state index contributed by atoms with van der Waals surface area (Å²) >= 11 is 0. The Labute approximate surface area is 84.0 Å². The van der Waals surface area contributed by atoms with E-state index in [2.05, 4.69) is 0 Å². The lowest BCUT2D eigenvalue weighted by Crippen LogP contribution is -2.29. The SMILES string of the molecule is COCCOCC(N)Cc1ccco1. The monoisotopic (exact) mass is 199 g/mol. The second kappa shape index (κ2) is 6.59. The summed E-state index contributed by atoms with van der Waals surface area (Å²) in [7, 11) is 1.64. The zero-order chi connectivity index (χ0) is 10.2. The molecular weight excluding hydrogens is 182 g/mol. The van der Waals surface area contributed by atoms with Crippen LogP contribution in [0.25, 0.3) is 0 Å². The predicted molar refractivity (Wildman–Crippen MR) is 53.1 cm³/mol. The van der Waals surface area contributed by atoms with Crippen molar-refractivity contribution in [2.45, 2.75) is 12.5 Å². The van der Waals surface area contributed by atoms with Crippen molar-refractivity contribution < 1.29 is 13.9 Å². The molecule has 0 aliphatic carbocycles. The van der Waals surface area contributed by atoms with Crippen LogP contribution in [0.2, 0.25) is 0 Å². The highest BCUT2D eigenvalue weighted by Crippen LogP contribution is 2.02. The molecule has 1 aromatic heterocycles. The molecule has 0 aromatic carbocycles. The van der Waals surface area contributed by atoms with Crippen molar-refractivity contribution in [2.24, 2.45) is 5.73 Å². The Morgan fingerprint density at radius 1 is 1.50 bits per heavy atom. The van der Waals surface area contributed by atoms with Crippen LogP contribution in [-0.2, 0) is 15.9 Å². The molecule has 0 saturated carbocycles. The van der Waals surface area contributed by atoms with Gasteiger partial charge in [-0.05, 0) is 12.1 Å². The van der Waals surface area contributed by atoms with E-state index < -0.39 is 0 Å². The molecule has 80 valence electrons. The lowest BCUT2D eigenvalue weighted by molar-refractivity contribution is 0.0631. The van der Waals surface area contributed by atoms with Crippen molar-refractivity contribution >= 4 is 0 Å². The molecule has 0 aliphatic heterocycles. The van der Waals surface area contributed by atoms with Gasteiger partial charge in [-0.25, -0.2) is 0 Å². The molecular formula is C10H17NO3. The van der Waals surface area contributed by atoms with Gasteiger partial charge >= 0.3 is 0 Å². The third kappa shape index (κ3) is 4.41. The second-order valence-electron chi connectivity index (χ2n) is 3.11. The number of hydrogen-bond donors (Lipinski definition) is 1. The van der Waals surface area contributed by atoms with E-state index in [9.17, 15) is 0 Å². The zero-order valence-electron chi connectivity index (χ0n) is 8.44. The maximum Gasteiger partial charge on any atom is 0.105 e. The normalized spacial score (nSPS) is 13.0. The summed E-state index contributed by atoms with van der Waals surface area (Å²) in [6.45, 7) is 1.72. The Kier molecular flexibility index (Phi) is 5.29. The molecule has 0 bridgehead atoms. The predicted octanol–water partition coefficient (Wildman–Crippen LogP) is 0.812. The first kappa shape index (κ1) is 11.2. The van der Waals surface area contributed by atoms with Crippen molar-refractivity contribution in [3.8, 4) is 0 Å². The smallest absolute Gasteiger partial charge is 0.105 e. The van der Waals surface area contributed by atoms with Crippen molar-refractivity contribution in [3.63, 3.8) is 0 Å². The molecule has 1 unspecified atom stereocenters. The van der Waals surface area contributed by atoms with Crippen molar-refractivity contribution in [1.29, 1.82) is 0 Å². The third-order valence-electron chi connectivity index (χ3n) is 1.81. The van der Waals surface area contributed by atoms with Gasteiger partial charge in [0.05, 0.1) is 26.1 Å². The molecule has 0 saturated heterocycles. The molecule has 1 heterocycles. The van der Waals surface area contributed by atoms with Gasteiger partial charge in [0, 0.05) is 19.6 Å². The van der Waals surface area contributed by atoms with E-state index in [1.165, 1.54) is 0 Å². The molecule has 0 spiro atoms. The lowest BCUT2D eigenvalue weighted by atomic mass is 10.2. The minimum Gasteiger partial charge on any atom is -0.469 e. The fraction of sp³-hybridized carbons (Fsp3) is 0.600. The number of furan rings is 1. The van der Waals surface area contributed by atoms with E-state index in [0.717, 1.165) is 5.76 Å². The maximum atomic E-state index is 5.82. The molecule has 0 amide bonds. The van der Waals surface area contributed by atoms with E-state index in [0.29, 0.717) is 26.2 Å². The van der Waals surface area contributed by atoms with Crippen LogP contribution in [0.5, 0.6) is 0 Å². The van der Waals surface area contributed by atoms with Crippen LogP contribution < -0.4 is 5.73 Å². The highest BCUT2D eigenvalue weighted by atomic mass is 16.5. The summed E-state index contributed by atoms with van der Waals surface area (Å²) in [6, 6.07) is 3.75. The summed E-state index contributed by atoms with van der Waals surface area (Å²) in [5.74, 6) is 0.896. The number of ether oxygens (including phenoxy) is 2. The Morgan fingerprint density at radius 2 is 2.36 bits per heavy atom. The van der Waals surface area contributed by atoms with Crippen molar-refractivity contribution in [1.82, 2.24) is 0 Å². The Hall–Kier alpha value is -0.840. The van der Waals surface area contributed by atoms with E-state index in [1.54, 1.807) is 13.4 Å². The van der Waals surface area contributed by atoms with Crippen LogP contribution in [0.4, 0.5) is 0 Å². The summed E-state index contributed by atoms with van der Waals surface area (Å²) in [4.78, 5) is 0. The van der Waals surface area contributed by atoms with Gasteiger partial charge in [-0.1, -0.05) is 0 Å². The highest BCUT2D eigenvalue weighted by Gasteiger charge is 2.05. The summed E-state index contributed by atoms with van der Waals surface area (Å²) in [5.41, 5.74) is 5.82. The maximum absolute atomic E-state index is 5.82. The molecule has 4 nitrogen and oxygen atoms in total. The average Bonchev–Trinajstić information content (AvgIpc) is 2.65. The van der Waals surface area contributed by atoms with Crippen LogP contribution in [0.15, 0.2) is 22.8 Å². The first-order chi connectivity index (χ1) is 6.83. The van der Waals surface area contributed by atoms with Crippen LogP contribution >= 0.6 is 0 Å². The number of methoxy groups -OCH3 is 1. The first-order valence-electron chi connectivity index (χ1n) is 4.67. The number of nitrogens with two attached hydrogens (primary N) is 1. The van der Waals surface area contributed by atoms with E-state index >= 15 is 0 Å². The van der Waals surface area contributed by atoms with Gasteiger partial charge in [0.15, 0.2) is 0 Å². The van der Waals surface area contributed by atoms with Crippen LogP contribution in [0, 0.1) is 0 Å². The molecule has 0 aliphatic rings. The van der Waals surface area contributed by atoms with Gasteiger partial charge in [-0.3, -0.25) is 0 Å². The van der Waals surface area contributed by atoms with Crippen molar-refractivity contribution in [3.05, 3.63) is 24.2 Å². The van der Waals surface area contributed by atoms with Crippen LogP contribution in [-0.4, -0.2) is 33.0 Å². The molecule has 4 heteroatoms. The van der Waals surface area contributed by atoms with Gasteiger partial charge in [0.25, 0.3) is 0 Å². The van der Waals surface area contributed by atoms with Gasteiger partial charge in [0.2, 0.25) is 0 Å². The summed E-state index contributed by atoms with van der Waals surface area (Å²) < 4.78 is 15.3. The third-order valence-corrected chi connectivity index (χ3v) is 1.81. The molecule has 0 fully saturated rings. The molecule has 1 rings (SSSR count). The molecule has 1 aromatic rings. The Balaban J connectivity index is 2.07. The molecule has 1 atom stereocenters. The van der Waals surface area contributed by atoms with Crippen molar-refractivity contribution in [2.75, 3.05) is 26.9 Å². The first-order valence-corrected chi connectivity index (χ1v) is 4.67. The quantitative estimate of drug-likeness (QED) is 0.660. The number of hydrogen-bond acceptors (Lipinski definition) is 4. The van der Waals surface area contributed by atoms with Crippen LogP contribution in [0.3, 0.4) is 0 Å². The highest BCUT2D eigenvalue weighted by molar-refractivity contribution is 4.99. The molecule has 0 radical (unpaired) electrons. The van der Waals surface area contributed by atoms with E-state index in [-0.39, 0.29) is 6.04 Å². The van der Waals surface area contributed by atoms with Gasteiger partial charge in [-0.2, -0.15) is 0 Å². The minimum atomic E-state index is -0.0157. The minimum absolute atomic E-state index is 0.0157. The van der Waals surface area contributed by atoms with Gasteiger partial charge in [-0.15, -0.1) is 0 Å². The number of rotatable bonds is 7. The molecule has 14 heavy (non-hydrogen) atoms. The topological polar surface area (TPSA) is 57.6 Å². The largest absolute Gasteiger partial charge is 0.469 e. The second-order valence-corrected chi connectivity index (χ2v) is 3.11. The molecule has 2 N–H and O–H groups in total. The Morgan fingerprint density at radius 3 is 3.00 bits per heavy atom. The van der Waals surface area contributed by atoms with E-state index in [1.807, 2.05) is 12.1 Å². The lowest BCUT2D eigenvalue weighted by Gasteiger charge is -2.10. The van der Waals surface area contributed by atoms with Gasteiger partial charge in [0.1, 0.15) is 5.76 Å². The summed E-state index contributed by atoms with van der Waals surface area (Å²) in [6.07, 6.45) is 2.35. The standard InChI is InChI=1S/C10H17NO3/c1-12-5-6-13-8-9(11)7-10-3-2-4-14-10/h2-4,9H,5-8,11H2,1H3.